The first-order chi connectivity index (χ1) is 9.63. The van der Waals surface area contributed by atoms with Crippen molar-refractivity contribution in [2.24, 2.45) is 0 Å². The van der Waals surface area contributed by atoms with Gasteiger partial charge >= 0.3 is 5.97 Å². The van der Waals surface area contributed by atoms with Crippen LogP contribution in [0, 0.1) is 0 Å². The van der Waals surface area contributed by atoms with Crippen molar-refractivity contribution in [3.8, 4) is 0 Å². The van der Waals surface area contributed by atoms with Crippen LogP contribution in [-0.2, 0) is 6.42 Å². The number of carbonyl (C=O) groups excluding carboxylic acids is 1. The number of carboxylic acid groups (broad SMARTS) is 1. The number of nitrogens with one attached hydrogen (secondary N) is 1. The molecular formula is C16H15NO3. The number of hydrogen-bond acceptors (Lipinski definition) is 2. The van der Waals surface area contributed by atoms with Gasteiger partial charge in [-0.05, 0) is 30.2 Å². The Morgan fingerprint density at radius 2 is 1.60 bits per heavy atom. The van der Waals surface area contributed by atoms with E-state index in [1.165, 1.54) is 6.07 Å². The van der Waals surface area contributed by atoms with E-state index < -0.39 is 5.97 Å². The summed E-state index contributed by atoms with van der Waals surface area (Å²) in [6.07, 6.45) is 0.740. The Morgan fingerprint density at radius 1 is 1.00 bits per heavy atom. The normalized spacial score (nSPS) is 10.1. The lowest BCUT2D eigenvalue weighted by Crippen LogP contribution is -2.16. The molecule has 0 aliphatic carbocycles. The molecule has 0 aliphatic rings. The Balaban J connectivity index is 2.31. The van der Waals surface area contributed by atoms with Gasteiger partial charge in [-0.3, -0.25) is 4.79 Å². The summed E-state index contributed by atoms with van der Waals surface area (Å²) in [5, 5.41) is 11.8. The maximum absolute atomic E-state index is 12.3. The molecule has 102 valence electrons. The average molecular weight is 269 g/mol. The van der Waals surface area contributed by atoms with E-state index in [1.54, 1.807) is 30.3 Å². The SMILES string of the molecule is CCc1ccccc1C(=O)Nc1ccccc1C(=O)O. The molecule has 0 fully saturated rings. The van der Waals surface area contributed by atoms with E-state index in [2.05, 4.69) is 5.32 Å². The van der Waals surface area contributed by atoms with Crippen LogP contribution in [0.3, 0.4) is 0 Å². The predicted molar refractivity (Wildman–Crippen MR) is 77.2 cm³/mol. The smallest absolute Gasteiger partial charge is 0.337 e. The summed E-state index contributed by atoms with van der Waals surface area (Å²) < 4.78 is 0. The highest BCUT2D eigenvalue weighted by Gasteiger charge is 2.14. The number of aromatic carboxylic acids is 1. The van der Waals surface area contributed by atoms with Crippen LogP contribution < -0.4 is 5.32 Å². The van der Waals surface area contributed by atoms with E-state index in [-0.39, 0.29) is 11.5 Å². The molecule has 0 aromatic heterocycles. The van der Waals surface area contributed by atoms with E-state index in [0.29, 0.717) is 11.3 Å². The molecule has 0 atom stereocenters. The Labute approximate surface area is 117 Å². The molecule has 0 radical (unpaired) electrons. The highest BCUT2D eigenvalue weighted by Crippen LogP contribution is 2.17. The lowest BCUT2D eigenvalue weighted by Gasteiger charge is -2.10. The summed E-state index contributed by atoms with van der Waals surface area (Å²) in [5.74, 6) is -1.36. The van der Waals surface area contributed by atoms with Crippen LogP contribution in [-0.4, -0.2) is 17.0 Å². The summed E-state index contributed by atoms with van der Waals surface area (Å²) in [6.45, 7) is 1.97. The molecule has 1 amide bonds. The Hall–Kier alpha value is -2.62. The van der Waals surface area contributed by atoms with Crippen molar-refractivity contribution in [2.45, 2.75) is 13.3 Å². The van der Waals surface area contributed by atoms with Gasteiger partial charge in [0.15, 0.2) is 0 Å². The van der Waals surface area contributed by atoms with Crippen molar-refractivity contribution < 1.29 is 14.7 Å². The molecule has 2 aromatic carbocycles. The Morgan fingerprint density at radius 3 is 2.25 bits per heavy atom. The van der Waals surface area contributed by atoms with E-state index in [1.807, 2.05) is 19.1 Å². The van der Waals surface area contributed by atoms with Gasteiger partial charge in [-0.2, -0.15) is 0 Å². The van der Waals surface area contributed by atoms with Crippen molar-refractivity contribution in [2.75, 3.05) is 5.32 Å². The van der Waals surface area contributed by atoms with Crippen LogP contribution in [0.2, 0.25) is 0 Å². The van der Waals surface area contributed by atoms with E-state index in [0.717, 1.165) is 12.0 Å². The predicted octanol–water partition coefficient (Wildman–Crippen LogP) is 3.20. The minimum absolute atomic E-state index is 0.0785. The lowest BCUT2D eigenvalue weighted by atomic mass is 10.0. The maximum Gasteiger partial charge on any atom is 0.337 e. The van der Waals surface area contributed by atoms with Gasteiger partial charge in [0, 0.05) is 5.56 Å². The van der Waals surface area contributed by atoms with Crippen LogP contribution in [0.1, 0.15) is 33.2 Å². The monoisotopic (exact) mass is 269 g/mol. The number of hydrogen-bond donors (Lipinski definition) is 2. The molecular weight excluding hydrogens is 254 g/mol. The number of anilines is 1. The molecule has 20 heavy (non-hydrogen) atoms. The van der Waals surface area contributed by atoms with Gasteiger partial charge in [0.05, 0.1) is 11.3 Å². The quantitative estimate of drug-likeness (QED) is 0.895. The summed E-state index contributed by atoms with van der Waals surface area (Å²) in [5.41, 5.74) is 1.87. The number of rotatable bonds is 4. The summed E-state index contributed by atoms with van der Waals surface area (Å²) in [4.78, 5) is 23.4. The molecule has 0 saturated heterocycles. The second-order valence-electron chi connectivity index (χ2n) is 4.32. The van der Waals surface area contributed by atoms with Gasteiger partial charge in [0.1, 0.15) is 0 Å². The third kappa shape index (κ3) is 2.85. The molecule has 0 saturated carbocycles. The molecule has 4 heteroatoms. The van der Waals surface area contributed by atoms with Gasteiger partial charge < -0.3 is 10.4 Å². The molecule has 2 aromatic rings. The third-order valence-corrected chi connectivity index (χ3v) is 3.05. The fourth-order valence-corrected chi connectivity index (χ4v) is 2.02. The van der Waals surface area contributed by atoms with Crippen molar-refractivity contribution in [1.29, 1.82) is 0 Å². The number of benzene rings is 2. The van der Waals surface area contributed by atoms with Crippen LogP contribution in [0.15, 0.2) is 48.5 Å². The fraction of sp³-hybridized carbons (Fsp3) is 0.125. The van der Waals surface area contributed by atoms with Gasteiger partial charge in [-0.15, -0.1) is 0 Å². The van der Waals surface area contributed by atoms with E-state index in [4.69, 9.17) is 5.11 Å². The van der Waals surface area contributed by atoms with Gasteiger partial charge in [-0.1, -0.05) is 37.3 Å². The molecule has 0 bridgehead atoms. The summed E-state index contributed by atoms with van der Waals surface area (Å²) in [6, 6.07) is 13.6. The number of carboxylic acids is 1. The first-order valence-electron chi connectivity index (χ1n) is 6.35. The molecule has 0 heterocycles. The fourth-order valence-electron chi connectivity index (χ4n) is 2.02. The van der Waals surface area contributed by atoms with E-state index >= 15 is 0 Å². The second-order valence-corrected chi connectivity index (χ2v) is 4.32. The largest absolute Gasteiger partial charge is 0.478 e. The standard InChI is InChI=1S/C16H15NO3/c1-2-11-7-3-4-8-12(11)15(18)17-14-10-6-5-9-13(14)16(19)20/h3-10H,2H2,1H3,(H,17,18)(H,19,20). The van der Waals surface area contributed by atoms with Crippen LogP contribution in [0.4, 0.5) is 5.69 Å². The maximum atomic E-state index is 12.3. The lowest BCUT2D eigenvalue weighted by molar-refractivity contribution is 0.0698. The summed E-state index contributed by atoms with van der Waals surface area (Å²) in [7, 11) is 0. The van der Waals surface area contributed by atoms with Crippen molar-refractivity contribution >= 4 is 17.6 Å². The minimum Gasteiger partial charge on any atom is -0.478 e. The number of carbonyl (C=O) groups is 2. The van der Waals surface area contributed by atoms with Crippen LogP contribution >= 0.6 is 0 Å². The zero-order valence-electron chi connectivity index (χ0n) is 11.1. The number of para-hydroxylation sites is 1. The topological polar surface area (TPSA) is 66.4 Å². The number of aryl methyl sites for hydroxylation is 1. The molecule has 0 aliphatic heterocycles. The molecule has 2 rings (SSSR count). The van der Waals surface area contributed by atoms with E-state index in [9.17, 15) is 9.59 Å². The van der Waals surface area contributed by atoms with Gasteiger partial charge in [-0.25, -0.2) is 4.79 Å². The van der Waals surface area contributed by atoms with Crippen molar-refractivity contribution in [1.82, 2.24) is 0 Å². The van der Waals surface area contributed by atoms with Crippen molar-refractivity contribution in [3.05, 3.63) is 65.2 Å². The first kappa shape index (κ1) is 13.8. The number of amides is 1. The Kier molecular flexibility index (Phi) is 4.15. The third-order valence-electron chi connectivity index (χ3n) is 3.05. The first-order valence-corrected chi connectivity index (χ1v) is 6.35. The molecule has 2 N–H and O–H groups in total. The van der Waals surface area contributed by atoms with Crippen molar-refractivity contribution in [3.63, 3.8) is 0 Å². The average Bonchev–Trinajstić information content (AvgIpc) is 2.47. The minimum atomic E-state index is -1.07. The highest BCUT2D eigenvalue weighted by atomic mass is 16.4. The van der Waals surface area contributed by atoms with Crippen LogP contribution in [0.5, 0.6) is 0 Å². The van der Waals surface area contributed by atoms with Gasteiger partial charge in [0.25, 0.3) is 5.91 Å². The molecule has 0 spiro atoms. The molecule has 4 nitrogen and oxygen atoms in total. The van der Waals surface area contributed by atoms with Gasteiger partial charge in [0.2, 0.25) is 0 Å². The highest BCUT2D eigenvalue weighted by molar-refractivity contribution is 6.08. The zero-order valence-corrected chi connectivity index (χ0v) is 11.1. The second kappa shape index (κ2) is 6.02. The summed E-state index contributed by atoms with van der Waals surface area (Å²) >= 11 is 0. The van der Waals surface area contributed by atoms with Crippen LogP contribution in [0.25, 0.3) is 0 Å². The Bertz CT molecular complexity index is 650. The zero-order chi connectivity index (χ0) is 14.5. The molecule has 0 unspecified atom stereocenters.